The molecule has 0 spiro atoms. The van der Waals surface area contributed by atoms with Gasteiger partial charge in [-0.05, 0) is 35.4 Å². The molecule has 3 rings (SSSR count). The summed E-state index contributed by atoms with van der Waals surface area (Å²) in [6.07, 6.45) is 4.43. The first-order chi connectivity index (χ1) is 14.4. The summed E-state index contributed by atoms with van der Waals surface area (Å²) in [5.74, 6) is 0. The smallest absolute Gasteiger partial charge is 0.259 e. The number of nitriles is 1. The Morgan fingerprint density at radius 3 is 2.43 bits per heavy atom. The second kappa shape index (κ2) is 8.36. The fourth-order valence-electron chi connectivity index (χ4n) is 2.98. The second-order valence-electron chi connectivity index (χ2n) is 6.33. The van der Waals surface area contributed by atoms with Crippen molar-refractivity contribution in [2.24, 2.45) is 0 Å². The molecule has 0 bridgehead atoms. The summed E-state index contributed by atoms with van der Waals surface area (Å²) in [5, 5.41) is 10.4. The highest BCUT2D eigenvalue weighted by Crippen LogP contribution is 2.32. The second-order valence-corrected chi connectivity index (χ2v) is 8.08. The first-order valence-corrected chi connectivity index (χ1v) is 10.5. The fourth-order valence-corrected chi connectivity index (χ4v) is 3.55. The Balaban J connectivity index is 2.15. The molecular weight excluding hydrogens is 398 g/mol. The monoisotopic (exact) mass is 413 g/mol. The summed E-state index contributed by atoms with van der Waals surface area (Å²) in [6.45, 7) is 15.0. The molecule has 0 atom stereocenters. The normalized spacial score (nSPS) is 12.4. The molecule has 30 heavy (non-hydrogen) atoms. The van der Waals surface area contributed by atoms with Crippen molar-refractivity contribution in [3.8, 4) is 6.07 Å². The van der Waals surface area contributed by atoms with Crippen molar-refractivity contribution in [2.45, 2.75) is 0 Å². The molecule has 0 aliphatic carbocycles. The number of nitrogens with one attached hydrogen (secondary N) is 2. The summed E-state index contributed by atoms with van der Waals surface area (Å²) in [7, 11) is -3.44. The van der Waals surface area contributed by atoms with Crippen LogP contribution < -0.4 is 4.72 Å². The summed E-state index contributed by atoms with van der Waals surface area (Å²) < 4.78 is 25.2. The van der Waals surface area contributed by atoms with E-state index in [0.717, 1.165) is 22.7 Å². The average molecular weight is 413 g/mol. The van der Waals surface area contributed by atoms with Gasteiger partial charge in [0.25, 0.3) is 5.70 Å². The maximum absolute atomic E-state index is 11.4. The SMILES string of the molecule is [C-]#[N+]C(=C/c1c[nH]c2ccccc12)/C(=C(\C#N)[N+]#[C-])c1ccc(NS(C)(=O)=O)cc1. The zero-order valence-corrected chi connectivity index (χ0v) is 16.7. The van der Waals surface area contributed by atoms with Crippen LogP contribution in [0, 0.1) is 24.5 Å². The summed E-state index contributed by atoms with van der Waals surface area (Å²) in [5.41, 5.74) is 2.57. The van der Waals surface area contributed by atoms with Gasteiger partial charge in [-0.25, -0.2) is 23.4 Å². The van der Waals surface area contributed by atoms with E-state index in [-0.39, 0.29) is 17.0 Å². The van der Waals surface area contributed by atoms with Crippen LogP contribution in [0.4, 0.5) is 5.69 Å². The number of benzene rings is 2. The van der Waals surface area contributed by atoms with Crippen molar-refractivity contribution < 1.29 is 8.42 Å². The third kappa shape index (κ3) is 4.39. The Morgan fingerprint density at radius 1 is 1.13 bits per heavy atom. The molecule has 1 heterocycles. The van der Waals surface area contributed by atoms with E-state index >= 15 is 0 Å². The minimum absolute atomic E-state index is 0.135. The largest absolute Gasteiger partial charge is 0.361 e. The molecule has 0 radical (unpaired) electrons. The molecule has 8 heteroatoms. The molecule has 2 aromatic carbocycles. The number of aromatic amines is 1. The van der Waals surface area contributed by atoms with Crippen molar-refractivity contribution in [1.29, 1.82) is 5.26 Å². The standard InChI is InChI=1S/C22H15N5O2S/c1-24-20(12-16-14-26-19-7-5-4-6-18(16)19)22(21(13-23)25-2)15-8-10-17(11-9-15)27-30(3,28)29/h4-12,14,26-27H,3H3/b20-12+,22-21+. The third-order valence-electron chi connectivity index (χ3n) is 4.22. The van der Waals surface area contributed by atoms with Crippen LogP contribution >= 0.6 is 0 Å². The van der Waals surface area contributed by atoms with Crippen molar-refractivity contribution in [3.05, 3.63) is 100 Å². The lowest BCUT2D eigenvalue weighted by atomic mass is 9.99. The van der Waals surface area contributed by atoms with E-state index in [1.165, 1.54) is 12.1 Å². The van der Waals surface area contributed by atoms with E-state index in [4.69, 9.17) is 13.1 Å². The van der Waals surface area contributed by atoms with E-state index in [0.29, 0.717) is 11.3 Å². The van der Waals surface area contributed by atoms with Gasteiger partial charge in [0, 0.05) is 28.4 Å². The number of anilines is 1. The van der Waals surface area contributed by atoms with Crippen LogP contribution in [0.25, 0.3) is 32.2 Å². The average Bonchev–Trinajstić information content (AvgIpc) is 3.13. The van der Waals surface area contributed by atoms with Gasteiger partial charge in [0.05, 0.1) is 25.5 Å². The maximum Gasteiger partial charge on any atom is 0.259 e. The Bertz CT molecular complexity index is 1390. The van der Waals surface area contributed by atoms with Crippen LogP contribution in [0.3, 0.4) is 0 Å². The molecule has 0 aliphatic heterocycles. The van der Waals surface area contributed by atoms with Crippen LogP contribution in [-0.2, 0) is 10.0 Å². The van der Waals surface area contributed by atoms with E-state index < -0.39 is 10.0 Å². The highest BCUT2D eigenvalue weighted by molar-refractivity contribution is 7.92. The maximum atomic E-state index is 11.4. The Labute approximate surface area is 174 Å². The lowest BCUT2D eigenvalue weighted by molar-refractivity contribution is 0.607. The minimum atomic E-state index is -3.44. The van der Waals surface area contributed by atoms with Gasteiger partial charge in [0.15, 0.2) is 5.70 Å². The van der Waals surface area contributed by atoms with Crippen molar-refractivity contribution in [1.82, 2.24) is 4.98 Å². The van der Waals surface area contributed by atoms with Crippen LogP contribution in [-0.4, -0.2) is 19.7 Å². The summed E-state index contributed by atoms with van der Waals surface area (Å²) in [6, 6.07) is 15.6. The third-order valence-corrected chi connectivity index (χ3v) is 4.83. The van der Waals surface area contributed by atoms with E-state index in [9.17, 15) is 13.7 Å². The topological polar surface area (TPSA) is 94.5 Å². The van der Waals surface area contributed by atoms with E-state index in [1.807, 2.05) is 30.3 Å². The van der Waals surface area contributed by atoms with Crippen molar-refractivity contribution in [2.75, 3.05) is 11.0 Å². The number of rotatable bonds is 5. The number of sulfonamides is 1. The van der Waals surface area contributed by atoms with Gasteiger partial charge in [0.1, 0.15) is 0 Å². The van der Waals surface area contributed by atoms with Gasteiger partial charge in [-0.3, -0.25) is 4.72 Å². The number of hydrogen-bond acceptors (Lipinski definition) is 3. The Kier molecular flexibility index (Phi) is 5.69. The highest BCUT2D eigenvalue weighted by atomic mass is 32.2. The molecular formula is C22H15N5O2S. The summed E-state index contributed by atoms with van der Waals surface area (Å²) >= 11 is 0. The number of fused-ring (bicyclic) bond motifs is 1. The lowest BCUT2D eigenvalue weighted by Crippen LogP contribution is -2.09. The Morgan fingerprint density at radius 2 is 1.83 bits per heavy atom. The first kappa shape index (κ1) is 20.4. The molecule has 146 valence electrons. The molecule has 0 unspecified atom stereocenters. The molecule has 7 nitrogen and oxygen atoms in total. The van der Waals surface area contributed by atoms with E-state index in [1.54, 1.807) is 24.4 Å². The zero-order chi connectivity index (χ0) is 21.7. The van der Waals surface area contributed by atoms with Crippen LogP contribution in [0.5, 0.6) is 0 Å². The molecule has 2 N–H and O–H groups in total. The van der Waals surface area contributed by atoms with Gasteiger partial charge in [-0.2, -0.15) is 0 Å². The van der Waals surface area contributed by atoms with Gasteiger partial charge in [-0.1, -0.05) is 30.3 Å². The van der Waals surface area contributed by atoms with Crippen molar-refractivity contribution >= 4 is 38.3 Å². The van der Waals surface area contributed by atoms with Gasteiger partial charge in [0.2, 0.25) is 10.0 Å². The minimum Gasteiger partial charge on any atom is -0.361 e. The van der Waals surface area contributed by atoms with Crippen LogP contribution in [0.1, 0.15) is 11.1 Å². The highest BCUT2D eigenvalue weighted by Gasteiger charge is 2.16. The number of nitrogens with zero attached hydrogens (tertiary/aromatic N) is 3. The number of allylic oxidation sites excluding steroid dienone is 2. The first-order valence-electron chi connectivity index (χ1n) is 8.62. The number of para-hydroxylation sites is 1. The predicted octanol–water partition coefficient (Wildman–Crippen LogP) is 4.65. The molecule has 3 aromatic rings. The fraction of sp³-hybridized carbons (Fsp3) is 0.0455. The zero-order valence-electron chi connectivity index (χ0n) is 15.8. The molecule has 1 aromatic heterocycles. The molecule has 0 aliphatic rings. The lowest BCUT2D eigenvalue weighted by Gasteiger charge is -2.10. The number of H-pyrrole nitrogens is 1. The number of hydrogen-bond donors (Lipinski definition) is 2. The number of aromatic nitrogens is 1. The summed E-state index contributed by atoms with van der Waals surface area (Å²) in [4.78, 5) is 10.00. The molecule has 0 saturated carbocycles. The van der Waals surface area contributed by atoms with Crippen LogP contribution in [0.2, 0.25) is 0 Å². The van der Waals surface area contributed by atoms with Crippen molar-refractivity contribution in [3.63, 3.8) is 0 Å². The molecule has 0 fully saturated rings. The van der Waals surface area contributed by atoms with Crippen LogP contribution in [0.15, 0.2) is 66.1 Å². The quantitative estimate of drug-likeness (QED) is 0.362. The molecule has 0 amide bonds. The van der Waals surface area contributed by atoms with Gasteiger partial charge < -0.3 is 4.98 Å². The van der Waals surface area contributed by atoms with Gasteiger partial charge in [-0.15, -0.1) is 0 Å². The predicted molar refractivity (Wildman–Crippen MR) is 117 cm³/mol. The molecule has 0 saturated heterocycles. The Hall–Kier alpha value is -4.32. The van der Waals surface area contributed by atoms with E-state index in [2.05, 4.69) is 19.4 Å². The van der Waals surface area contributed by atoms with Gasteiger partial charge >= 0.3 is 0 Å².